The van der Waals surface area contributed by atoms with Crippen LogP contribution in [0.4, 0.5) is 18.9 Å². The van der Waals surface area contributed by atoms with Crippen LogP contribution in [-0.2, 0) is 6.54 Å². The van der Waals surface area contributed by atoms with Crippen LogP contribution in [0.3, 0.4) is 0 Å². The van der Waals surface area contributed by atoms with Crippen LogP contribution in [0.2, 0.25) is 0 Å². The fourth-order valence-corrected chi connectivity index (χ4v) is 1.64. The lowest BCUT2D eigenvalue weighted by Gasteiger charge is -2.09. The van der Waals surface area contributed by atoms with Gasteiger partial charge in [0.2, 0.25) is 0 Å². The maximum absolute atomic E-state index is 13.5. The molecule has 0 saturated heterocycles. The zero-order valence-electron chi connectivity index (χ0n) is 9.81. The zero-order chi connectivity index (χ0) is 13.1. The number of hydrogen-bond donors (Lipinski definition) is 1. The molecule has 0 bridgehead atoms. The molecule has 94 valence electrons. The highest BCUT2D eigenvalue weighted by Crippen LogP contribution is 2.18. The van der Waals surface area contributed by atoms with Gasteiger partial charge in [-0.05, 0) is 30.7 Å². The lowest BCUT2D eigenvalue weighted by Crippen LogP contribution is -2.04. The molecule has 1 nitrogen and oxygen atoms in total. The molecule has 0 spiro atoms. The molecule has 0 aliphatic rings. The van der Waals surface area contributed by atoms with Gasteiger partial charge >= 0.3 is 0 Å². The lowest BCUT2D eigenvalue weighted by molar-refractivity contribution is 0.500. The molecule has 0 unspecified atom stereocenters. The molecule has 0 fully saturated rings. The minimum absolute atomic E-state index is 0.0313. The van der Waals surface area contributed by atoms with E-state index in [9.17, 15) is 13.2 Å². The Morgan fingerprint density at radius 1 is 1.00 bits per heavy atom. The molecular weight excluding hydrogens is 239 g/mol. The van der Waals surface area contributed by atoms with Crippen LogP contribution in [0.25, 0.3) is 0 Å². The number of nitrogens with one attached hydrogen (secondary N) is 1. The van der Waals surface area contributed by atoms with Gasteiger partial charge in [-0.2, -0.15) is 0 Å². The smallest absolute Gasteiger partial charge is 0.163 e. The number of rotatable bonds is 3. The molecule has 0 atom stereocenters. The predicted molar refractivity (Wildman–Crippen MR) is 64.8 cm³/mol. The topological polar surface area (TPSA) is 12.0 Å². The van der Waals surface area contributed by atoms with Gasteiger partial charge in [-0.15, -0.1) is 0 Å². The Hall–Kier alpha value is -1.97. The van der Waals surface area contributed by atoms with Crippen molar-refractivity contribution in [3.63, 3.8) is 0 Å². The van der Waals surface area contributed by atoms with Crippen LogP contribution in [0.1, 0.15) is 11.1 Å². The number of halogens is 3. The van der Waals surface area contributed by atoms with Gasteiger partial charge in [0, 0.05) is 12.1 Å². The maximum Gasteiger partial charge on any atom is 0.163 e. The molecule has 0 aromatic heterocycles. The molecule has 4 heteroatoms. The van der Waals surface area contributed by atoms with Crippen molar-refractivity contribution >= 4 is 5.69 Å². The summed E-state index contributed by atoms with van der Waals surface area (Å²) in [4.78, 5) is 0. The normalized spacial score (nSPS) is 10.4. The third-order valence-corrected chi connectivity index (χ3v) is 2.63. The van der Waals surface area contributed by atoms with Crippen molar-refractivity contribution in [2.24, 2.45) is 0 Å². The summed E-state index contributed by atoms with van der Waals surface area (Å²) in [5.74, 6) is -2.22. The summed E-state index contributed by atoms with van der Waals surface area (Å²) in [7, 11) is 0. The van der Waals surface area contributed by atoms with Crippen molar-refractivity contribution in [2.45, 2.75) is 13.5 Å². The summed E-state index contributed by atoms with van der Waals surface area (Å²) in [5, 5.41) is 2.74. The number of hydrogen-bond acceptors (Lipinski definition) is 1. The highest BCUT2D eigenvalue weighted by atomic mass is 19.2. The average Bonchev–Trinajstić information content (AvgIpc) is 2.33. The van der Waals surface area contributed by atoms with Crippen molar-refractivity contribution in [3.8, 4) is 0 Å². The molecule has 0 heterocycles. The monoisotopic (exact) mass is 251 g/mol. The Kier molecular flexibility index (Phi) is 3.55. The third-order valence-electron chi connectivity index (χ3n) is 2.63. The molecule has 0 amide bonds. The van der Waals surface area contributed by atoms with Gasteiger partial charge in [-0.3, -0.25) is 0 Å². The number of benzene rings is 2. The van der Waals surface area contributed by atoms with Gasteiger partial charge in [-0.1, -0.05) is 18.2 Å². The molecule has 1 N–H and O–H groups in total. The minimum Gasteiger partial charge on any atom is -0.378 e. The molecule has 18 heavy (non-hydrogen) atoms. The van der Waals surface area contributed by atoms with Crippen molar-refractivity contribution in [1.29, 1.82) is 0 Å². The van der Waals surface area contributed by atoms with Crippen molar-refractivity contribution in [2.75, 3.05) is 5.32 Å². The SMILES string of the molecule is Cc1ccc(NCc2cccc(F)c2F)c(F)c1. The van der Waals surface area contributed by atoms with E-state index < -0.39 is 17.5 Å². The van der Waals surface area contributed by atoms with Crippen molar-refractivity contribution in [1.82, 2.24) is 0 Å². The molecule has 2 aromatic carbocycles. The number of anilines is 1. The largest absolute Gasteiger partial charge is 0.378 e. The second-order valence-electron chi connectivity index (χ2n) is 4.05. The van der Waals surface area contributed by atoms with E-state index in [4.69, 9.17) is 0 Å². The van der Waals surface area contributed by atoms with Gasteiger partial charge in [0.05, 0.1) is 5.69 Å². The summed E-state index contributed by atoms with van der Waals surface area (Å²) in [6, 6.07) is 8.61. The van der Waals surface area contributed by atoms with E-state index in [-0.39, 0.29) is 17.8 Å². The summed E-state index contributed by atoms with van der Waals surface area (Å²) in [5.41, 5.74) is 1.23. The first kappa shape index (κ1) is 12.5. The Bertz CT molecular complexity index is 567. The Labute approximate surface area is 103 Å². The molecule has 0 aliphatic heterocycles. The summed E-state index contributed by atoms with van der Waals surface area (Å²) < 4.78 is 39.8. The van der Waals surface area contributed by atoms with Gasteiger partial charge in [0.15, 0.2) is 11.6 Å². The summed E-state index contributed by atoms with van der Waals surface area (Å²) in [6.07, 6.45) is 0. The zero-order valence-corrected chi connectivity index (χ0v) is 9.81. The second kappa shape index (κ2) is 5.12. The molecular formula is C14H12F3N. The van der Waals surface area contributed by atoms with E-state index in [2.05, 4.69) is 5.32 Å². The molecule has 0 saturated carbocycles. The minimum atomic E-state index is -0.905. The third kappa shape index (κ3) is 2.64. The lowest BCUT2D eigenvalue weighted by atomic mass is 10.2. The highest BCUT2D eigenvalue weighted by Gasteiger charge is 2.08. The average molecular weight is 251 g/mol. The van der Waals surface area contributed by atoms with E-state index >= 15 is 0 Å². The van der Waals surface area contributed by atoms with E-state index in [0.29, 0.717) is 0 Å². The van der Waals surface area contributed by atoms with Crippen LogP contribution in [-0.4, -0.2) is 0 Å². The highest BCUT2D eigenvalue weighted by molar-refractivity contribution is 5.46. The Morgan fingerprint density at radius 3 is 2.50 bits per heavy atom. The summed E-state index contributed by atoms with van der Waals surface area (Å²) in [6.45, 7) is 1.81. The van der Waals surface area contributed by atoms with E-state index in [1.54, 1.807) is 19.1 Å². The molecule has 2 aromatic rings. The molecule has 0 radical (unpaired) electrons. The van der Waals surface area contributed by atoms with Crippen molar-refractivity contribution < 1.29 is 13.2 Å². The van der Waals surface area contributed by atoms with Gasteiger partial charge in [0.25, 0.3) is 0 Å². The quantitative estimate of drug-likeness (QED) is 0.868. The second-order valence-corrected chi connectivity index (χ2v) is 4.05. The first-order chi connectivity index (χ1) is 8.58. The Morgan fingerprint density at radius 2 is 1.78 bits per heavy atom. The van der Waals surface area contributed by atoms with Crippen LogP contribution in [0, 0.1) is 24.4 Å². The fourth-order valence-electron chi connectivity index (χ4n) is 1.64. The van der Waals surface area contributed by atoms with E-state index in [1.807, 2.05) is 0 Å². The van der Waals surface area contributed by atoms with E-state index in [0.717, 1.165) is 11.6 Å². The first-order valence-corrected chi connectivity index (χ1v) is 5.51. The van der Waals surface area contributed by atoms with Crippen LogP contribution < -0.4 is 5.32 Å². The van der Waals surface area contributed by atoms with Gasteiger partial charge in [0.1, 0.15) is 5.82 Å². The van der Waals surface area contributed by atoms with Gasteiger partial charge in [-0.25, -0.2) is 13.2 Å². The molecule has 2 rings (SSSR count). The number of aryl methyl sites for hydroxylation is 1. The maximum atomic E-state index is 13.5. The fraction of sp³-hybridized carbons (Fsp3) is 0.143. The standard InChI is InChI=1S/C14H12F3N/c1-9-5-6-13(12(16)7-9)18-8-10-3-2-4-11(15)14(10)17/h2-7,18H,8H2,1H3. The molecule has 0 aliphatic carbocycles. The summed E-state index contributed by atoms with van der Waals surface area (Å²) >= 11 is 0. The first-order valence-electron chi connectivity index (χ1n) is 5.51. The van der Waals surface area contributed by atoms with Crippen molar-refractivity contribution in [3.05, 3.63) is 65.0 Å². The van der Waals surface area contributed by atoms with Gasteiger partial charge < -0.3 is 5.32 Å². The van der Waals surface area contributed by atoms with Crippen LogP contribution in [0.15, 0.2) is 36.4 Å². The van der Waals surface area contributed by atoms with Crippen LogP contribution >= 0.6 is 0 Å². The van der Waals surface area contributed by atoms with Crippen LogP contribution in [0.5, 0.6) is 0 Å². The Balaban J connectivity index is 2.14. The van der Waals surface area contributed by atoms with E-state index in [1.165, 1.54) is 18.2 Å². The predicted octanol–water partition coefficient (Wildman–Crippen LogP) is 4.02.